The minimum Gasteiger partial charge on any atom is -0.356 e. The van der Waals surface area contributed by atoms with Gasteiger partial charge in [-0.1, -0.05) is 12.1 Å². The summed E-state index contributed by atoms with van der Waals surface area (Å²) in [6.45, 7) is 3.87. The number of guanidine groups is 1. The maximum atomic E-state index is 4.94. The van der Waals surface area contributed by atoms with Gasteiger partial charge in [-0.05, 0) is 56.4 Å². The van der Waals surface area contributed by atoms with Gasteiger partial charge >= 0.3 is 0 Å². The van der Waals surface area contributed by atoms with E-state index in [2.05, 4.69) is 44.8 Å². The second kappa shape index (κ2) is 8.56. The molecule has 2 N–H and O–H groups in total. The average Bonchev–Trinajstić information content (AvgIpc) is 3.22. The third-order valence-corrected chi connectivity index (χ3v) is 5.73. The van der Waals surface area contributed by atoms with Crippen molar-refractivity contribution < 1.29 is 0 Å². The van der Waals surface area contributed by atoms with Crippen molar-refractivity contribution in [1.82, 2.24) is 15.3 Å². The highest BCUT2D eigenvalue weighted by molar-refractivity contribution is 7.14. The molecule has 0 atom stereocenters. The normalized spacial score (nSPS) is 16.9. The van der Waals surface area contributed by atoms with Gasteiger partial charge in [-0.15, -0.1) is 11.3 Å². The number of hydrogen-bond acceptors (Lipinski definition) is 5. The van der Waals surface area contributed by atoms with Crippen molar-refractivity contribution in [2.45, 2.75) is 32.6 Å². The molecular formula is C21H26N6S. The van der Waals surface area contributed by atoms with Gasteiger partial charge in [0, 0.05) is 31.2 Å². The summed E-state index contributed by atoms with van der Waals surface area (Å²) in [5.41, 5.74) is 4.69. The summed E-state index contributed by atoms with van der Waals surface area (Å²) in [5.74, 6) is 1.73. The molecule has 0 amide bonds. The summed E-state index contributed by atoms with van der Waals surface area (Å²) in [4.78, 5) is 16.2. The number of aromatic nitrogens is 2. The van der Waals surface area contributed by atoms with Gasteiger partial charge in [-0.25, -0.2) is 9.97 Å². The highest BCUT2D eigenvalue weighted by Crippen LogP contribution is 2.34. The Hall–Kier alpha value is -2.67. The molecule has 6 nitrogen and oxygen atoms in total. The zero-order valence-corrected chi connectivity index (χ0v) is 17.2. The molecule has 1 aliphatic heterocycles. The van der Waals surface area contributed by atoms with Crippen LogP contribution >= 0.6 is 11.3 Å². The molecule has 0 unspecified atom stereocenters. The van der Waals surface area contributed by atoms with E-state index >= 15 is 0 Å². The third-order valence-electron chi connectivity index (χ3n) is 4.97. The molecule has 1 aliphatic carbocycles. The Morgan fingerprint density at radius 1 is 1.25 bits per heavy atom. The molecule has 2 aromatic rings. The van der Waals surface area contributed by atoms with Crippen molar-refractivity contribution in [3.8, 4) is 11.4 Å². The van der Waals surface area contributed by atoms with E-state index in [1.807, 2.05) is 18.4 Å². The number of hydrogen-bond donors (Lipinski definition) is 2. The number of nitrogens with one attached hydrogen (secondary N) is 2. The second-order valence-corrected chi connectivity index (χ2v) is 7.69. The summed E-state index contributed by atoms with van der Waals surface area (Å²) in [5, 5.41) is 9.25. The van der Waals surface area contributed by atoms with Crippen molar-refractivity contribution in [3.63, 3.8) is 0 Å². The van der Waals surface area contributed by atoms with Crippen LogP contribution in [0, 0.1) is 0 Å². The SMILES string of the molecule is CCNC(=NC)Nc1nc(-c2cccc(N3CCCC4=C3C=CCC4)n2)cs1. The molecule has 3 heterocycles. The van der Waals surface area contributed by atoms with E-state index in [1.54, 1.807) is 24.0 Å². The molecule has 4 rings (SSSR count). The molecule has 0 aromatic carbocycles. The van der Waals surface area contributed by atoms with E-state index in [1.165, 1.54) is 25.0 Å². The predicted molar refractivity (Wildman–Crippen MR) is 118 cm³/mol. The minimum atomic E-state index is 0.724. The smallest absolute Gasteiger partial charge is 0.197 e. The number of thiazole rings is 1. The fourth-order valence-electron chi connectivity index (χ4n) is 3.65. The van der Waals surface area contributed by atoms with Crippen LogP contribution in [-0.2, 0) is 0 Å². The highest BCUT2D eigenvalue weighted by Gasteiger charge is 2.22. The lowest BCUT2D eigenvalue weighted by Crippen LogP contribution is -2.30. The van der Waals surface area contributed by atoms with Gasteiger partial charge in [0.15, 0.2) is 11.1 Å². The van der Waals surface area contributed by atoms with Gasteiger partial charge in [0.1, 0.15) is 11.5 Å². The molecule has 0 bridgehead atoms. The minimum absolute atomic E-state index is 0.724. The second-order valence-electron chi connectivity index (χ2n) is 6.83. The number of anilines is 2. The molecule has 0 saturated carbocycles. The topological polar surface area (TPSA) is 65.4 Å². The largest absolute Gasteiger partial charge is 0.356 e. The van der Waals surface area contributed by atoms with Crippen molar-refractivity contribution in [2.24, 2.45) is 4.99 Å². The van der Waals surface area contributed by atoms with Crippen molar-refractivity contribution >= 4 is 28.2 Å². The Morgan fingerprint density at radius 3 is 3.04 bits per heavy atom. The molecule has 0 spiro atoms. The summed E-state index contributed by atoms with van der Waals surface area (Å²) in [7, 11) is 1.76. The van der Waals surface area contributed by atoms with Crippen molar-refractivity contribution in [3.05, 3.63) is 47.0 Å². The van der Waals surface area contributed by atoms with Crippen molar-refractivity contribution in [1.29, 1.82) is 0 Å². The van der Waals surface area contributed by atoms with Crippen LogP contribution in [0.25, 0.3) is 11.4 Å². The fraction of sp³-hybridized carbons (Fsp3) is 0.381. The Labute approximate surface area is 170 Å². The Morgan fingerprint density at radius 2 is 2.18 bits per heavy atom. The van der Waals surface area contributed by atoms with Gasteiger partial charge in [0.2, 0.25) is 0 Å². The number of nitrogens with zero attached hydrogens (tertiary/aromatic N) is 4. The van der Waals surface area contributed by atoms with E-state index in [9.17, 15) is 0 Å². The highest BCUT2D eigenvalue weighted by atomic mass is 32.1. The van der Waals surface area contributed by atoms with Crippen LogP contribution in [0.15, 0.2) is 52.0 Å². The van der Waals surface area contributed by atoms with Gasteiger partial charge in [0.05, 0.1) is 5.69 Å². The maximum absolute atomic E-state index is 4.94. The Kier molecular flexibility index (Phi) is 5.71. The number of pyridine rings is 1. The molecule has 0 radical (unpaired) electrons. The van der Waals surface area contributed by atoms with Crippen LogP contribution in [0.5, 0.6) is 0 Å². The molecule has 0 fully saturated rings. The van der Waals surface area contributed by atoms with E-state index < -0.39 is 0 Å². The number of aliphatic imine (C=N–C) groups is 1. The van der Waals surface area contributed by atoms with Crippen LogP contribution in [-0.4, -0.2) is 36.1 Å². The third kappa shape index (κ3) is 3.94. The zero-order chi connectivity index (χ0) is 19.3. The van der Waals surface area contributed by atoms with Gasteiger partial charge in [-0.2, -0.15) is 0 Å². The molecule has 28 heavy (non-hydrogen) atoms. The lowest BCUT2D eigenvalue weighted by molar-refractivity contribution is 0.685. The van der Waals surface area contributed by atoms with Crippen LogP contribution in [0.4, 0.5) is 10.9 Å². The monoisotopic (exact) mass is 394 g/mol. The van der Waals surface area contributed by atoms with Crippen molar-refractivity contribution in [2.75, 3.05) is 30.4 Å². The maximum Gasteiger partial charge on any atom is 0.197 e. The molecule has 146 valence electrons. The van der Waals surface area contributed by atoms with Crippen LogP contribution < -0.4 is 15.5 Å². The number of rotatable bonds is 4. The molecule has 2 aliphatic rings. The van der Waals surface area contributed by atoms with Gasteiger partial charge in [-0.3, -0.25) is 4.99 Å². The summed E-state index contributed by atoms with van der Waals surface area (Å²) in [6, 6.07) is 6.20. The van der Waals surface area contributed by atoms with E-state index in [4.69, 9.17) is 9.97 Å². The summed E-state index contributed by atoms with van der Waals surface area (Å²) in [6.07, 6.45) is 9.28. The van der Waals surface area contributed by atoms with E-state index in [0.717, 1.165) is 47.8 Å². The van der Waals surface area contributed by atoms with E-state index in [0.29, 0.717) is 0 Å². The molecular weight excluding hydrogens is 368 g/mol. The van der Waals surface area contributed by atoms with Crippen LogP contribution in [0.1, 0.15) is 32.6 Å². The predicted octanol–water partition coefficient (Wildman–Crippen LogP) is 4.42. The van der Waals surface area contributed by atoms with Crippen LogP contribution in [0.2, 0.25) is 0 Å². The molecule has 2 aromatic heterocycles. The van der Waals surface area contributed by atoms with Gasteiger partial charge in [0.25, 0.3) is 0 Å². The quantitative estimate of drug-likeness (QED) is 0.594. The lowest BCUT2D eigenvalue weighted by atomic mass is 9.94. The van der Waals surface area contributed by atoms with Crippen LogP contribution in [0.3, 0.4) is 0 Å². The average molecular weight is 395 g/mol. The standard InChI is InChI=1S/C21H26N6S/c1-3-23-20(22-2)26-21-25-17(14-28-21)16-10-6-12-19(24-16)27-13-7-9-15-8-4-5-11-18(15)27/h5-6,10-12,14H,3-4,7-9,13H2,1-2H3,(H2,22,23,25,26). The number of allylic oxidation sites excluding steroid dienone is 3. The van der Waals surface area contributed by atoms with Gasteiger partial charge < -0.3 is 15.5 Å². The zero-order valence-electron chi connectivity index (χ0n) is 16.4. The first-order valence-corrected chi connectivity index (χ1v) is 10.7. The fourth-order valence-corrected chi connectivity index (χ4v) is 4.36. The van der Waals surface area contributed by atoms with E-state index in [-0.39, 0.29) is 0 Å². The molecule has 7 heteroatoms. The summed E-state index contributed by atoms with van der Waals surface area (Å²) >= 11 is 1.56. The first kappa shape index (κ1) is 18.7. The first-order chi connectivity index (χ1) is 13.8. The first-order valence-electron chi connectivity index (χ1n) is 9.85. The lowest BCUT2D eigenvalue weighted by Gasteiger charge is -2.33. The Balaban J connectivity index is 1.57. The summed E-state index contributed by atoms with van der Waals surface area (Å²) < 4.78 is 0. The molecule has 0 saturated heterocycles. The Bertz CT molecular complexity index is 926.